The average molecular weight is 307 g/mol. The summed E-state index contributed by atoms with van der Waals surface area (Å²) in [5, 5.41) is 11.7. The predicted molar refractivity (Wildman–Crippen MR) is 84.5 cm³/mol. The Balaban J connectivity index is 2.63. The third-order valence-corrected chi connectivity index (χ3v) is 3.40. The van der Waals surface area contributed by atoms with Crippen LogP contribution in [0.15, 0.2) is 30.3 Å². The summed E-state index contributed by atoms with van der Waals surface area (Å²) in [6, 6.07) is 9.08. The normalized spacial score (nSPS) is 13.4. The Hall–Kier alpha value is -1.88. The standard InChI is InChI=1S/C17H25NO4/c1-3-4-12-22-13(2)17(21)18-15(10-11-16(19)20)14-8-6-5-7-9-14/h5-9,13,15H,3-4,10-12H2,1-2H3,(H,18,21)(H,19,20). The Labute approximate surface area is 131 Å². The van der Waals surface area contributed by atoms with Crippen molar-refractivity contribution >= 4 is 11.9 Å². The molecule has 0 spiro atoms. The van der Waals surface area contributed by atoms with Crippen LogP contribution in [0.25, 0.3) is 0 Å². The molecular formula is C17H25NO4. The van der Waals surface area contributed by atoms with E-state index in [1.54, 1.807) is 6.92 Å². The van der Waals surface area contributed by atoms with Gasteiger partial charge in [0.15, 0.2) is 0 Å². The Morgan fingerprint density at radius 2 is 1.95 bits per heavy atom. The number of carbonyl (C=O) groups excluding carboxylic acids is 1. The van der Waals surface area contributed by atoms with Gasteiger partial charge in [-0.1, -0.05) is 43.7 Å². The molecule has 5 nitrogen and oxygen atoms in total. The van der Waals surface area contributed by atoms with Crippen molar-refractivity contribution in [2.45, 2.75) is 51.7 Å². The van der Waals surface area contributed by atoms with Gasteiger partial charge in [0.1, 0.15) is 6.10 Å². The fourth-order valence-electron chi connectivity index (χ4n) is 2.04. The molecule has 0 saturated carbocycles. The van der Waals surface area contributed by atoms with E-state index in [1.807, 2.05) is 30.3 Å². The number of carboxylic acid groups (broad SMARTS) is 1. The Morgan fingerprint density at radius 3 is 2.55 bits per heavy atom. The molecule has 0 fully saturated rings. The molecule has 0 radical (unpaired) electrons. The molecule has 0 bridgehead atoms. The van der Waals surface area contributed by atoms with Crippen LogP contribution < -0.4 is 5.32 Å². The molecule has 0 heterocycles. The summed E-state index contributed by atoms with van der Waals surface area (Å²) in [5.74, 6) is -1.09. The third kappa shape index (κ3) is 6.72. The van der Waals surface area contributed by atoms with E-state index in [0.29, 0.717) is 13.0 Å². The molecule has 0 aromatic heterocycles. The van der Waals surface area contributed by atoms with Gasteiger partial charge < -0.3 is 15.2 Å². The van der Waals surface area contributed by atoms with Crippen molar-refractivity contribution < 1.29 is 19.4 Å². The number of hydrogen-bond donors (Lipinski definition) is 2. The molecule has 1 amide bonds. The number of carboxylic acids is 1. The van der Waals surface area contributed by atoms with Crippen LogP contribution in [-0.4, -0.2) is 29.7 Å². The molecular weight excluding hydrogens is 282 g/mol. The number of rotatable bonds is 10. The van der Waals surface area contributed by atoms with Crippen LogP contribution in [0.2, 0.25) is 0 Å². The van der Waals surface area contributed by atoms with Crippen molar-refractivity contribution in [3.63, 3.8) is 0 Å². The number of aliphatic carboxylic acids is 1. The number of amides is 1. The molecule has 1 rings (SSSR count). The molecule has 5 heteroatoms. The number of benzene rings is 1. The fourth-order valence-corrected chi connectivity index (χ4v) is 2.04. The lowest BCUT2D eigenvalue weighted by atomic mass is 10.0. The summed E-state index contributed by atoms with van der Waals surface area (Å²) in [6.45, 7) is 4.33. The van der Waals surface area contributed by atoms with Gasteiger partial charge in [0, 0.05) is 13.0 Å². The van der Waals surface area contributed by atoms with Gasteiger partial charge in [0.2, 0.25) is 5.91 Å². The zero-order chi connectivity index (χ0) is 16.4. The minimum atomic E-state index is -0.873. The van der Waals surface area contributed by atoms with E-state index in [2.05, 4.69) is 12.2 Å². The molecule has 0 aliphatic heterocycles. The molecule has 0 saturated heterocycles. The van der Waals surface area contributed by atoms with Gasteiger partial charge in [-0.15, -0.1) is 0 Å². The van der Waals surface area contributed by atoms with Crippen LogP contribution in [0.1, 0.15) is 51.1 Å². The SMILES string of the molecule is CCCCOC(C)C(=O)NC(CCC(=O)O)c1ccccc1. The van der Waals surface area contributed by atoms with Crippen molar-refractivity contribution in [1.82, 2.24) is 5.32 Å². The highest BCUT2D eigenvalue weighted by atomic mass is 16.5. The summed E-state index contributed by atoms with van der Waals surface area (Å²) in [7, 11) is 0. The Bertz CT molecular complexity index is 461. The number of carbonyl (C=O) groups is 2. The molecule has 22 heavy (non-hydrogen) atoms. The predicted octanol–water partition coefficient (Wildman–Crippen LogP) is 2.91. The Kier molecular flexibility index (Phi) is 8.22. The van der Waals surface area contributed by atoms with E-state index in [-0.39, 0.29) is 18.4 Å². The lowest BCUT2D eigenvalue weighted by molar-refractivity contribution is -0.138. The second kappa shape index (κ2) is 9.95. The summed E-state index contributed by atoms with van der Waals surface area (Å²) in [6.07, 6.45) is 1.75. The zero-order valence-corrected chi connectivity index (χ0v) is 13.2. The number of unbranched alkanes of at least 4 members (excludes halogenated alkanes) is 1. The van der Waals surface area contributed by atoms with Crippen molar-refractivity contribution in [1.29, 1.82) is 0 Å². The van der Waals surface area contributed by atoms with Crippen LogP contribution >= 0.6 is 0 Å². The van der Waals surface area contributed by atoms with Crippen LogP contribution in [0.4, 0.5) is 0 Å². The first-order valence-electron chi connectivity index (χ1n) is 7.73. The van der Waals surface area contributed by atoms with Crippen molar-refractivity contribution in [3.05, 3.63) is 35.9 Å². The fraction of sp³-hybridized carbons (Fsp3) is 0.529. The van der Waals surface area contributed by atoms with Crippen LogP contribution in [0.5, 0.6) is 0 Å². The topological polar surface area (TPSA) is 75.6 Å². The highest BCUT2D eigenvalue weighted by molar-refractivity contribution is 5.80. The monoisotopic (exact) mass is 307 g/mol. The first-order valence-corrected chi connectivity index (χ1v) is 7.73. The second-order valence-corrected chi connectivity index (χ2v) is 5.27. The van der Waals surface area contributed by atoms with E-state index >= 15 is 0 Å². The van der Waals surface area contributed by atoms with E-state index < -0.39 is 12.1 Å². The van der Waals surface area contributed by atoms with Crippen molar-refractivity contribution in [3.8, 4) is 0 Å². The first kappa shape index (κ1) is 18.2. The zero-order valence-electron chi connectivity index (χ0n) is 13.2. The molecule has 0 aliphatic rings. The summed E-state index contributed by atoms with van der Waals surface area (Å²) in [5.41, 5.74) is 0.901. The largest absolute Gasteiger partial charge is 0.481 e. The minimum absolute atomic E-state index is 0.00487. The van der Waals surface area contributed by atoms with E-state index in [9.17, 15) is 9.59 Å². The third-order valence-electron chi connectivity index (χ3n) is 3.40. The molecule has 1 aromatic carbocycles. The number of hydrogen-bond acceptors (Lipinski definition) is 3. The summed E-state index contributed by atoms with van der Waals surface area (Å²) in [4.78, 5) is 23.0. The quantitative estimate of drug-likeness (QED) is 0.652. The minimum Gasteiger partial charge on any atom is -0.481 e. The molecule has 2 atom stereocenters. The summed E-state index contributed by atoms with van der Waals surface area (Å²) < 4.78 is 5.48. The van der Waals surface area contributed by atoms with Gasteiger partial charge in [0.25, 0.3) is 0 Å². The maximum absolute atomic E-state index is 12.2. The van der Waals surface area contributed by atoms with Crippen LogP contribution in [0.3, 0.4) is 0 Å². The first-order chi connectivity index (χ1) is 10.5. The van der Waals surface area contributed by atoms with Gasteiger partial charge in [-0.3, -0.25) is 9.59 Å². The van der Waals surface area contributed by atoms with Gasteiger partial charge in [-0.2, -0.15) is 0 Å². The van der Waals surface area contributed by atoms with E-state index in [1.165, 1.54) is 0 Å². The van der Waals surface area contributed by atoms with Crippen LogP contribution in [0, 0.1) is 0 Å². The van der Waals surface area contributed by atoms with Gasteiger partial charge in [-0.05, 0) is 25.3 Å². The maximum Gasteiger partial charge on any atom is 0.303 e. The van der Waals surface area contributed by atoms with E-state index in [4.69, 9.17) is 9.84 Å². The average Bonchev–Trinajstić information content (AvgIpc) is 2.52. The van der Waals surface area contributed by atoms with Gasteiger partial charge >= 0.3 is 5.97 Å². The van der Waals surface area contributed by atoms with Gasteiger partial charge in [0.05, 0.1) is 6.04 Å². The maximum atomic E-state index is 12.2. The second-order valence-electron chi connectivity index (χ2n) is 5.27. The Morgan fingerprint density at radius 1 is 1.27 bits per heavy atom. The number of nitrogens with one attached hydrogen (secondary N) is 1. The molecule has 2 unspecified atom stereocenters. The molecule has 0 aliphatic carbocycles. The molecule has 1 aromatic rings. The lowest BCUT2D eigenvalue weighted by Crippen LogP contribution is -2.37. The molecule has 122 valence electrons. The van der Waals surface area contributed by atoms with E-state index in [0.717, 1.165) is 18.4 Å². The highest BCUT2D eigenvalue weighted by Gasteiger charge is 2.20. The smallest absolute Gasteiger partial charge is 0.303 e. The van der Waals surface area contributed by atoms with Crippen molar-refractivity contribution in [2.24, 2.45) is 0 Å². The summed E-state index contributed by atoms with van der Waals surface area (Å²) >= 11 is 0. The van der Waals surface area contributed by atoms with Crippen LogP contribution in [-0.2, 0) is 14.3 Å². The van der Waals surface area contributed by atoms with Crippen molar-refractivity contribution in [2.75, 3.05) is 6.61 Å². The molecule has 2 N–H and O–H groups in total. The lowest BCUT2D eigenvalue weighted by Gasteiger charge is -2.21. The highest BCUT2D eigenvalue weighted by Crippen LogP contribution is 2.18. The van der Waals surface area contributed by atoms with Gasteiger partial charge in [-0.25, -0.2) is 0 Å². The number of ether oxygens (including phenoxy) is 1.